The van der Waals surface area contributed by atoms with Crippen LogP contribution in [0, 0.1) is 0 Å². The molecule has 0 aliphatic carbocycles. The number of benzene rings is 1. The van der Waals surface area contributed by atoms with Crippen molar-refractivity contribution in [3.8, 4) is 16.3 Å². The van der Waals surface area contributed by atoms with Gasteiger partial charge in [-0.2, -0.15) is 0 Å². The predicted molar refractivity (Wildman–Crippen MR) is 116 cm³/mol. The van der Waals surface area contributed by atoms with Crippen LogP contribution in [0.3, 0.4) is 0 Å². The number of amides is 1. The maximum Gasteiger partial charge on any atom is 0.226 e. The van der Waals surface area contributed by atoms with Crippen molar-refractivity contribution in [3.05, 3.63) is 35.3 Å². The first kappa shape index (κ1) is 23.7. The first-order chi connectivity index (χ1) is 12.2. The average Bonchev–Trinajstić information content (AvgIpc) is 3.06. The summed E-state index contributed by atoms with van der Waals surface area (Å²) in [6.45, 7) is 5.78. The van der Waals surface area contributed by atoms with Gasteiger partial charge >= 0.3 is 0 Å². The van der Waals surface area contributed by atoms with Crippen LogP contribution in [-0.4, -0.2) is 36.1 Å². The van der Waals surface area contributed by atoms with E-state index in [-0.39, 0.29) is 36.8 Å². The van der Waals surface area contributed by atoms with E-state index in [4.69, 9.17) is 4.74 Å². The van der Waals surface area contributed by atoms with Crippen LogP contribution in [0.25, 0.3) is 10.6 Å². The molecule has 1 aromatic heterocycles. The molecule has 1 saturated heterocycles. The Kier molecular flexibility index (Phi) is 10.1. The third-order valence-electron chi connectivity index (χ3n) is 4.41. The molecule has 1 fully saturated rings. The van der Waals surface area contributed by atoms with E-state index in [1.807, 2.05) is 36.6 Å². The van der Waals surface area contributed by atoms with Gasteiger partial charge in [0, 0.05) is 23.0 Å². The third kappa shape index (κ3) is 6.64. The van der Waals surface area contributed by atoms with Crippen LogP contribution in [-0.2, 0) is 11.2 Å². The van der Waals surface area contributed by atoms with Gasteiger partial charge < -0.3 is 15.4 Å². The summed E-state index contributed by atoms with van der Waals surface area (Å²) in [5.74, 6) is 0.904. The number of piperidine rings is 1. The van der Waals surface area contributed by atoms with Crippen LogP contribution < -0.4 is 15.4 Å². The van der Waals surface area contributed by atoms with Crippen LogP contribution in [0.1, 0.15) is 32.4 Å². The van der Waals surface area contributed by atoms with E-state index in [1.54, 1.807) is 11.3 Å². The van der Waals surface area contributed by atoms with Crippen molar-refractivity contribution in [1.29, 1.82) is 0 Å². The van der Waals surface area contributed by atoms with Crippen LogP contribution in [0.4, 0.5) is 0 Å². The topological polar surface area (TPSA) is 63.2 Å². The van der Waals surface area contributed by atoms with Crippen molar-refractivity contribution in [2.45, 2.75) is 45.2 Å². The second kappa shape index (κ2) is 11.5. The van der Waals surface area contributed by atoms with Crippen molar-refractivity contribution < 1.29 is 9.53 Å². The Bertz CT molecular complexity index is 709. The first-order valence-electron chi connectivity index (χ1n) is 8.86. The lowest BCUT2D eigenvalue weighted by Gasteiger charge is -2.30. The Morgan fingerprint density at radius 2 is 2.07 bits per heavy atom. The molecule has 1 aliphatic rings. The van der Waals surface area contributed by atoms with Crippen LogP contribution in [0.5, 0.6) is 5.75 Å². The average molecular weight is 432 g/mol. The normalized spacial score (nSPS) is 18.7. The lowest BCUT2D eigenvalue weighted by atomic mass is 10.00. The number of thiazole rings is 1. The number of hydrogen-bond donors (Lipinski definition) is 2. The predicted octanol–water partition coefficient (Wildman–Crippen LogP) is 3.85. The second-order valence-corrected chi connectivity index (χ2v) is 7.20. The SMILES string of the molecule is CCOc1ccc(-c2nc(CC(=O)NC3CCCNC3C)cs2)cc1.Cl.Cl. The Balaban J connectivity index is 0.00000182. The number of halogens is 2. The zero-order chi connectivity index (χ0) is 17.6. The largest absolute Gasteiger partial charge is 0.494 e. The summed E-state index contributed by atoms with van der Waals surface area (Å²) >= 11 is 1.57. The summed E-state index contributed by atoms with van der Waals surface area (Å²) in [6, 6.07) is 8.44. The van der Waals surface area contributed by atoms with Gasteiger partial charge in [-0.3, -0.25) is 4.79 Å². The van der Waals surface area contributed by atoms with Crippen molar-refractivity contribution >= 4 is 42.1 Å². The van der Waals surface area contributed by atoms with Crippen LogP contribution in [0.15, 0.2) is 29.6 Å². The fourth-order valence-corrected chi connectivity index (χ4v) is 3.87. The number of nitrogens with one attached hydrogen (secondary N) is 2. The quantitative estimate of drug-likeness (QED) is 0.728. The van der Waals surface area contributed by atoms with Gasteiger partial charge in [0.05, 0.1) is 18.7 Å². The van der Waals surface area contributed by atoms with E-state index in [9.17, 15) is 4.79 Å². The molecule has 2 atom stereocenters. The first-order valence-corrected chi connectivity index (χ1v) is 9.74. The molecule has 150 valence electrons. The number of nitrogens with zero attached hydrogens (tertiary/aromatic N) is 1. The summed E-state index contributed by atoms with van der Waals surface area (Å²) in [5.41, 5.74) is 1.87. The van der Waals surface area contributed by atoms with Crippen molar-refractivity contribution in [1.82, 2.24) is 15.6 Å². The number of ether oxygens (including phenoxy) is 1. The second-order valence-electron chi connectivity index (χ2n) is 6.34. The minimum absolute atomic E-state index is 0. The molecule has 0 bridgehead atoms. The van der Waals surface area contributed by atoms with Gasteiger partial charge in [-0.1, -0.05) is 0 Å². The van der Waals surface area contributed by atoms with Gasteiger partial charge in [-0.15, -0.1) is 36.2 Å². The molecular weight excluding hydrogens is 405 g/mol. The molecule has 0 radical (unpaired) electrons. The Morgan fingerprint density at radius 1 is 1.33 bits per heavy atom. The van der Waals surface area contributed by atoms with Gasteiger partial charge in [0.15, 0.2) is 0 Å². The highest BCUT2D eigenvalue weighted by atomic mass is 35.5. The van der Waals surface area contributed by atoms with Gasteiger partial charge in [-0.05, 0) is 57.5 Å². The van der Waals surface area contributed by atoms with E-state index in [0.29, 0.717) is 19.1 Å². The molecule has 5 nitrogen and oxygen atoms in total. The van der Waals surface area contributed by atoms with Crippen molar-refractivity contribution in [3.63, 3.8) is 0 Å². The molecule has 2 N–H and O–H groups in total. The molecule has 27 heavy (non-hydrogen) atoms. The van der Waals surface area contributed by atoms with E-state index >= 15 is 0 Å². The molecule has 8 heteroatoms. The molecule has 2 heterocycles. The zero-order valence-corrected chi connectivity index (χ0v) is 18.0. The smallest absolute Gasteiger partial charge is 0.226 e. The molecule has 0 saturated carbocycles. The maximum atomic E-state index is 12.3. The van der Waals surface area contributed by atoms with Crippen molar-refractivity contribution in [2.24, 2.45) is 0 Å². The molecule has 1 aliphatic heterocycles. The highest BCUT2D eigenvalue weighted by Gasteiger charge is 2.22. The van der Waals surface area contributed by atoms with Gasteiger partial charge in [-0.25, -0.2) is 4.98 Å². The Labute approximate surface area is 177 Å². The number of carbonyl (C=O) groups is 1. The van der Waals surface area contributed by atoms with E-state index in [2.05, 4.69) is 22.5 Å². The third-order valence-corrected chi connectivity index (χ3v) is 5.35. The summed E-state index contributed by atoms with van der Waals surface area (Å²) in [5, 5.41) is 9.43. The summed E-state index contributed by atoms with van der Waals surface area (Å²) in [6.07, 6.45) is 2.47. The zero-order valence-electron chi connectivity index (χ0n) is 15.6. The van der Waals surface area contributed by atoms with Gasteiger partial charge in [0.25, 0.3) is 0 Å². The summed E-state index contributed by atoms with van der Waals surface area (Å²) < 4.78 is 5.46. The standard InChI is InChI=1S/C19H25N3O2S.2ClH/c1-3-24-16-8-6-14(7-9-16)19-21-15(12-25-19)11-18(23)22-17-5-4-10-20-13(17)2;;/h6-9,12-13,17,20H,3-5,10-11H2,1-2H3,(H,22,23);2*1H. The molecule has 2 aromatic rings. The summed E-state index contributed by atoms with van der Waals surface area (Å²) in [4.78, 5) is 16.9. The van der Waals surface area contributed by atoms with Crippen LogP contribution in [0.2, 0.25) is 0 Å². The summed E-state index contributed by atoms with van der Waals surface area (Å²) in [7, 11) is 0. The van der Waals surface area contributed by atoms with E-state index in [0.717, 1.165) is 41.4 Å². The minimum atomic E-state index is 0. The lowest BCUT2D eigenvalue weighted by Crippen LogP contribution is -2.52. The minimum Gasteiger partial charge on any atom is -0.494 e. The molecule has 1 aromatic carbocycles. The number of rotatable bonds is 6. The van der Waals surface area contributed by atoms with Gasteiger partial charge in [0.1, 0.15) is 10.8 Å². The highest BCUT2D eigenvalue weighted by molar-refractivity contribution is 7.13. The van der Waals surface area contributed by atoms with Crippen molar-refractivity contribution in [2.75, 3.05) is 13.2 Å². The lowest BCUT2D eigenvalue weighted by molar-refractivity contribution is -0.121. The fraction of sp³-hybridized carbons (Fsp3) is 0.474. The molecule has 3 rings (SSSR count). The maximum absolute atomic E-state index is 12.3. The molecule has 0 spiro atoms. The highest BCUT2D eigenvalue weighted by Crippen LogP contribution is 2.26. The monoisotopic (exact) mass is 431 g/mol. The molecule has 2 unspecified atom stereocenters. The Morgan fingerprint density at radius 3 is 2.74 bits per heavy atom. The van der Waals surface area contributed by atoms with E-state index in [1.165, 1.54) is 0 Å². The number of carbonyl (C=O) groups excluding carboxylic acids is 1. The van der Waals surface area contributed by atoms with Gasteiger partial charge in [0.2, 0.25) is 5.91 Å². The number of hydrogen-bond acceptors (Lipinski definition) is 5. The van der Waals surface area contributed by atoms with E-state index < -0.39 is 0 Å². The molecular formula is C19H27Cl2N3O2S. The fourth-order valence-electron chi connectivity index (χ4n) is 3.04. The Hall–Kier alpha value is -1.34. The molecule has 1 amide bonds. The van der Waals surface area contributed by atoms with Crippen LogP contribution >= 0.6 is 36.2 Å². The number of aromatic nitrogens is 1.